The van der Waals surface area contributed by atoms with Crippen molar-refractivity contribution in [2.24, 2.45) is 5.92 Å². The molecule has 1 atom stereocenters. The number of hydrogen-bond donors (Lipinski definition) is 0. The Bertz CT molecular complexity index is 744. The van der Waals surface area contributed by atoms with Crippen molar-refractivity contribution in [1.29, 1.82) is 0 Å². The van der Waals surface area contributed by atoms with Crippen molar-refractivity contribution in [3.05, 3.63) is 52.8 Å². The smallest absolute Gasteiger partial charge is 0.337 e. The molecule has 0 saturated carbocycles. The SMILES string of the molecule is CCOC(=O)C1=C(C)C[C@@H](C(=O)N(C)c2ccccc2)C=C1[Si](C)(C)C. The summed E-state index contributed by atoms with van der Waals surface area (Å²) in [5, 5.41) is 1.03. The van der Waals surface area contributed by atoms with E-state index in [4.69, 9.17) is 4.74 Å². The highest BCUT2D eigenvalue weighted by Crippen LogP contribution is 2.36. The zero-order chi connectivity index (χ0) is 19.5. The van der Waals surface area contributed by atoms with Gasteiger partial charge in [0, 0.05) is 12.7 Å². The molecule has 0 unspecified atom stereocenters. The molecule has 0 aliphatic heterocycles. The molecule has 0 heterocycles. The third kappa shape index (κ3) is 4.33. The molecule has 0 saturated heterocycles. The Morgan fingerprint density at radius 2 is 1.81 bits per heavy atom. The Morgan fingerprint density at radius 3 is 2.35 bits per heavy atom. The Balaban J connectivity index is 2.37. The summed E-state index contributed by atoms with van der Waals surface area (Å²) in [7, 11) is -0.0179. The topological polar surface area (TPSA) is 46.6 Å². The summed E-state index contributed by atoms with van der Waals surface area (Å²) in [6.45, 7) is 10.7. The summed E-state index contributed by atoms with van der Waals surface area (Å²) in [5.41, 5.74) is 2.51. The first-order valence-electron chi connectivity index (χ1n) is 9.09. The summed E-state index contributed by atoms with van der Waals surface area (Å²) in [4.78, 5) is 27.3. The largest absolute Gasteiger partial charge is 0.462 e. The first-order valence-corrected chi connectivity index (χ1v) is 12.6. The van der Waals surface area contributed by atoms with E-state index in [0.717, 1.165) is 16.5 Å². The molecule has 140 valence electrons. The van der Waals surface area contributed by atoms with Gasteiger partial charge >= 0.3 is 5.97 Å². The van der Waals surface area contributed by atoms with Crippen molar-refractivity contribution in [2.45, 2.75) is 39.9 Å². The minimum absolute atomic E-state index is 0.0502. The van der Waals surface area contributed by atoms with Gasteiger partial charge in [-0.1, -0.05) is 49.5 Å². The van der Waals surface area contributed by atoms with Crippen molar-refractivity contribution in [1.82, 2.24) is 0 Å². The van der Waals surface area contributed by atoms with Gasteiger partial charge in [-0.25, -0.2) is 4.79 Å². The summed E-state index contributed by atoms with van der Waals surface area (Å²) < 4.78 is 5.28. The molecule has 1 aliphatic carbocycles. The number of allylic oxidation sites excluding steroid dienone is 1. The van der Waals surface area contributed by atoms with E-state index in [1.54, 1.807) is 11.9 Å². The van der Waals surface area contributed by atoms with Crippen LogP contribution in [0.15, 0.2) is 52.8 Å². The molecule has 1 aliphatic rings. The average Bonchev–Trinajstić information content (AvgIpc) is 2.59. The zero-order valence-electron chi connectivity index (χ0n) is 16.6. The van der Waals surface area contributed by atoms with Crippen LogP contribution in [0, 0.1) is 5.92 Å². The van der Waals surface area contributed by atoms with Crippen LogP contribution >= 0.6 is 0 Å². The van der Waals surface area contributed by atoms with Crippen LogP contribution in [0.2, 0.25) is 19.6 Å². The lowest BCUT2D eigenvalue weighted by Gasteiger charge is -2.32. The predicted octanol–water partition coefficient (Wildman–Crippen LogP) is 4.35. The molecule has 26 heavy (non-hydrogen) atoms. The van der Waals surface area contributed by atoms with E-state index in [2.05, 4.69) is 19.6 Å². The first kappa shape index (κ1) is 20.2. The normalized spacial score (nSPS) is 17.6. The molecule has 0 N–H and O–H groups in total. The van der Waals surface area contributed by atoms with Gasteiger partial charge in [0.1, 0.15) is 0 Å². The number of hydrogen-bond acceptors (Lipinski definition) is 3. The number of amides is 1. The van der Waals surface area contributed by atoms with Crippen LogP contribution in [0.5, 0.6) is 0 Å². The molecule has 2 rings (SSSR count). The fourth-order valence-electron chi connectivity index (χ4n) is 3.30. The van der Waals surface area contributed by atoms with Crippen molar-refractivity contribution in [3.8, 4) is 0 Å². The average molecular weight is 372 g/mol. The lowest BCUT2D eigenvalue weighted by Crippen LogP contribution is -2.37. The highest BCUT2D eigenvalue weighted by Gasteiger charge is 2.35. The van der Waals surface area contributed by atoms with Gasteiger partial charge in [0.05, 0.1) is 26.2 Å². The van der Waals surface area contributed by atoms with E-state index in [9.17, 15) is 9.59 Å². The van der Waals surface area contributed by atoms with E-state index in [-0.39, 0.29) is 17.8 Å². The zero-order valence-corrected chi connectivity index (χ0v) is 17.6. The van der Waals surface area contributed by atoms with Crippen LogP contribution < -0.4 is 4.90 Å². The molecule has 0 radical (unpaired) electrons. The van der Waals surface area contributed by atoms with Crippen LogP contribution in [-0.2, 0) is 14.3 Å². The second-order valence-electron chi connectivity index (χ2n) is 7.75. The second kappa shape index (κ2) is 8.04. The summed E-state index contributed by atoms with van der Waals surface area (Å²) in [6, 6.07) is 9.64. The van der Waals surface area contributed by atoms with E-state index in [1.165, 1.54) is 0 Å². The molecule has 0 fully saturated rings. The van der Waals surface area contributed by atoms with Gasteiger partial charge in [0.25, 0.3) is 0 Å². The summed E-state index contributed by atoms with van der Waals surface area (Å²) in [5.74, 6) is -0.463. The van der Waals surface area contributed by atoms with Crippen LogP contribution in [-0.4, -0.2) is 33.6 Å². The van der Waals surface area contributed by atoms with Crippen LogP contribution in [0.1, 0.15) is 20.3 Å². The van der Waals surface area contributed by atoms with Gasteiger partial charge in [-0.3, -0.25) is 4.79 Å². The molecule has 0 bridgehead atoms. The van der Waals surface area contributed by atoms with E-state index >= 15 is 0 Å². The Hall–Kier alpha value is -2.14. The second-order valence-corrected chi connectivity index (χ2v) is 12.8. The quantitative estimate of drug-likeness (QED) is 0.571. The number of carbonyl (C=O) groups is 2. The molecular weight excluding hydrogens is 342 g/mol. The predicted molar refractivity (Wildman–Crippen MR) is 109 cm³/mol. The number of ether oxygens (including phenoxy) is 1. The molecule has 0 aromatic heterocycles. The molecule has 1 aromatic rings. The fourth-order valence-corrected chi connectivity index (χ4v) is 5.07. The maximum atomic E-state index is 13.1. The van der Waals surface area contributed by atoms with Gasteiger partial charge in [0.2, 0.25) is 5.91 Å². The first-order chi connectivity index (χ1) is 12.2. The van der Waals surface area contributed by atoms with Gasteiger partial charge in [-0.2, -0.15) is 0 Å². The van der Waals surface area contributed by atoms with Crippen LogP contribution in [0.3, 0.4) is 0 Å². The summed E-state index contributed by atoms with van der Waals surface area (Å²) >= 11 is 0. The molecule has 1 aromatic carbocycles. The number of benzene rings is 1. The number of carbonyl (C=O) groups excluding carboxylic acids is 2. The lowest BCUT2D eigenvalue weighted by atomic mass is 9.89. The van der Waals surface area contributed by atoms with Gasteiger partial charge in [-0.15, -0.1) is 0 Å². The van der Waals surface area contributed by atoms with Crippen molar-refractivity contribution >= 4 is 25.6 Å². The number of nitrogens with zero attached hydrogens (tertiary/aromatic N) is 1. The van der Waals surface area contributed by atoms with Gasteiger partial charge < -0.3 is 9.64 Å². The van der Waals surface area contributed by atoms with Crippen molar-refractivity contribution in [3.63, 3.8) is 0 Å². The fraction of sp³-hybridized carbons (Fsp3) is 0.429. The van der Waals surface area contributed by atoms with E-state index < -0.39 is 8.07 Å². The maximum Gasteiger partial charge on any atom is 0.337 e. The Kier molecular flexibility index (Phi) is 6.24. The molecule has 1 amide bonds. The number of esters is 1. The number of para-hydroxylation sites is 1. The van der Waals surface area contributed by atoms with Crippen LogP contribution in [0.25, 0.3) is 0 Å². The van der Waals surface area contributed by atoms with E-state index in [0.29, 0.717) is 18.6 Å². The van der Waals surface area contributed by atoms with Crippen molar-refractivity contribution < 1.29 is 14.3 Å². The molecule has 0 spiro atoms. The number of rotatable bonds is 5. The van der Waals surface area contributed by atoms with Gasteiger partial charge in [-0.05, 0) is 37.6 Å². The minimum Gasteiger partial charge on any atom is -0.462 e. The van der Waals surface area contributed by atoms with Gasteiger partial charge in [0.15, 0.2) is 0 Å². The molecular formula is C21H29NO3Si. The third-order valence-corrected chi connectivity index (χ3v) is 6.70. The number of anilines is 1. The maximum absolute atomic E-state index is 13.1. The third-order valence-electron chi connectivity index (χ3n) is 4.67. The summed E-state index contributed by atoms with van der Waals surface area (Å²) in [6.07, 6.45) is 2.57. The highest BCUT2D eigenvalue weighted by molar-refractivity contribution is 6.84. The highest BCUT2D eigenvalue weighted by atomic mass is 28.3. The van der Waals surface area contributed by atoms with E-state index in [1.807, 2.05) is 50.3 Å². The minimum atomic E-state index is -1.82. The monoisotopic (exact) mass is 371 g/mol. The van der Waals surface area contributed by atoms with Crippen LogP contribution in [0.4, 0.5) is 5.69 Å². The standard InChI is InChI=1S/C21H29NO3Si/c1-7-25-21(24)19-15(2)13-16(14-18(19)26(4,5)6)20(23)22(3)17-11-9-8-10-12-17/h8-12,14,16H,7,13H2,1-6H3/t16-/m1/s1. The Labute approximate surface area is 157 Å². The Morgan fingerprint density at radius 1 is 1.19 bits per heavy atom. The lowest BCUT2D eigenvalue weighted by molar-refractivity contribution is -0.138. The molecule has 4 nitrogen and oxygen atoms in total. The molecule has 5 heteroatoms. The van der Waals surface area contributed by atoms with Crippen molar-refractivity contribution in [2.75, 3.05) is 18.6 Å².